The second-order valence-electron chi connectivity index (χ2n) is 11.6. The van der Waals surface area contributed by atoms with Crippen LogP contribution in [-0.2, 0) is 21.2 Å². The van der Waals surface area contributed by atoms with Crippen molar-refractivity contribution in [3.05, 3.63) is 64.2 Å². The molecule has 1 amide bonds. The second kappa shape index (κ2) is 12.6. The van der Waals surface area contributed by atoms with Crippen molar-refractivity contribution in [2.24, 2.45) is 5.73 Å². The number of piperazine rings is 1. The minimum atomic E-state index is -4.07. The number of carbonyl (C=O) groups is 1. The van der Waals surface area contributed by atoms with Crippen LogP contribution in [-0.4, -0.2) is 69.2 Å². The molecule has 3 rings (SSSR count). The topological polar surface area (TPSA) is 120 Å². The molecule has 9 heteroatoms. The van der Waals surface area contributed by atoms with Crippen molar-refractivity contribution < 1.29 is 13.2 Å². The van der Waals surface area contributed by atoms with Crippen LogP contribution < -0.4 is 10.5 Å². The average molecular weight is 556 g/mol. The van der Waals surface area contributed by atoms with Crippen molar-refractivity contribution in [2.75, 3.05) is 33.2 Å². The highest BCUT2D eigenvalue weighted by Gasteiger charge is 2.34. The molecule has 39 heavy (non-hydrogen) atoms. The van der Waals surface area contributed by atoms with E-state index in [0.29, 0.717) is 18.7 Å². The van der Waals surface area contributed by atoms with Crippen LogP contribution in [0, 0.1) is 5.41 Å². The lowest BCUT2D eigenvalue weighted by Gasteiger charge is -2.35. The molecule has 0 saturated carbocycles. The predicted octanol–water partition coefficient (Wildman–Crippen LogP) is 4.00. The Morgan fingerprint density at radius 3 is 2.00 bits per heavy atom. The summed E-state index contributed by atoms with van der Waals surface area (Å²) in [7, 11) is -2.06. The second-order valence-corrected chi connectivity index (χ2v) is 13.3. The molecule has 1 aliphatic heterocycles. The van der Waals surface area contributed by atoms with E-state index in [-0.39, 0.29) is 40.8 Å². The van der Waals surface area contributed by atoms with Crippen LogP contribution in [0.15, 0.2) is 41.3 Å². The SMILES string of the molecule is CC(C)c1cc(C(C)C)c(S(=O)(=O)N[C@@H](Cc2cccc(C(=N)N)c2)C(=O)N2CCN(C)CC2)c(C(C)C)c1. The number of sulfonamides is 1. The first-order valence-corrected chi connectivity index (χ1v) is 15.3. The van der Waals surface area contributed by atoms with E-state index in [2.05, 4.69) is 23.5 Å². The number of likely N-dealkylation sites (N-methyl/N-ethyl adjacent to an activating group) is 1. The Labute approximate surface area is 234 Å². The van der Waals surface area contributed by atoms with E-state index in [0.717, 1.165) is 35.3 Å². The minimum Gasteiger partial charge on any atom is -0.384 e. The third-order valence-corrected chi connectivity index (χ3v) is 9.04. The Balaban J connectivity index is 2.09. The van der Waals surface area contributed by atoms with E-state index in [9.17, 15) is 13.2 Å². The van der Waals surface area contributed by atoms with Crippen molar-refractivity contribution in [3.63, 3.8) is 0 Å². The van der Waals surface area contributed by atoms with Crippen molar-refractivity contribution >= 4 is 21.8 Å². The van der Waals surface area contributed by atoms with Crippen LogP contribution in [0.3, 0.4) is 0 Å². The standard InChI is InChI=1S/C30H45N5O3S/c1-19(2)24-17-25(20(3)4)28(26(18-24)21(5)6)39(37,38)33-27(30(36)35-13-11-34(7)12-14-35)16-22-9-8-10-23(15-22)29(31)32/h8-10,15,17-21,27,33H,11-14,16H2,1-7H3,(H3,31,32)/t27-/m0/s1. The summed E-state index contributed by atoms with van der Waals surface area (Å²) in [4.78, 5) is 18.0. The lowest BCUT2D eigenvalue weighted by molar-refractivity contribution is -0.134. The van der Waals surface area contributed by atoms with E-state index in [4.69, 9.17) is 11.1 Å². The number of rotatable bonds is 10. The summed E-state index contributed by atoms with van der Waals surface area (Å²) in [6.07, 6.45) is 0.156. The molecular weight excluding hydrogens is 510 g/mol. The van der Waals surface area contributed by atoms with Gasteiger partial charge >= 0.3 is 0 Å². The number of nitrogens with one attached hydrogen (secondary N) is 2. The number of nitrogens with two attached hydrogens (primary N) is 1. The molecule has 214 valence electrons. The molecule has 2 aromatic carbocycles. The van der Waals surface area contributed by atoms with Crippen LogP contribution in [0.1, 0.15) is 87.1 Å². The first-order chi connectivity index (χ1) is 18.2. The first kappa shape index (κ1) is 30.8. The summed E-state index contributed by atoms with van der Waals surface area (Å²) in [5.74, 6) is -0.105. The smallest absolute Gasteiger partial charge is 0.241 e. The van der Waals surface area contributed by atoms with Gasteiger partial charge < -0.3 is 15.5 Å². The summed E-state index contributed by atoms with van der Waals surface area (Å²) in [5, 5.41) is 7.80. The molecule has 0 aliphatic carbocycles. The van der Waals surface area contributed by atoms with E-state index >= 15 is 0 Å². The van der Waals surface area contributed by atoms with Gasteiger partial charge in [0.05, 0.1) is 4.90 Å². The van der Waals surface area contributed by atoms with Crippen molar-refractivity contribution in [2.45, 2.75) is 76.7 Å². The van der Waals surface area contributed by atoms with Gasteiger partial charge in [-0.3, -0.25) is 10.2 Å². The molecule has 1 atom stereocenters. The quantitative estimate of drug-likeness (QED) is 0.302. The van der Waals surface area contributed by atoms with Crippen LogP contribution >= 0.6 is 0 Å². The lowest BCUT2D eigenvalue weighted by Crippen LogP contribution is -2.55. The molecule has 8 nitrogen and oxygen atoms in total. The van der Waals surface area contributed by atoms with Crippen LogP contribution in [0.4, 0.5) is 0 Å². The van der Waals surface area contributed by atoms with Gasteiger partial charge in [-0.1, -0.05) is 71.9 Å². The lowest BCUT2D eigenvalue weighted by atomic mass is 9.89. The number of amidine groups is 1. The van der Waals surface area contributed by atoms with E-state index in [1.165, 1.54) is 0 Å². The van der Waals surface area contributed by atoms with Crippen LogP contribution in [0.2, 0.25) is 0 Å². The van der Waals surface area contributed by atoms with Crippen molar-refractivity contribution in [1.82, 2.24) is 14.5 Å². The summed E-state index contributed by atoms with van der Waals surface area (Å²) >= 11 is 0. The Morgan fingerprint density at radius 2 is 1.51 bits per heavy atom. The Morgan fingerprint density at radius 1 is 0.949 bits per heavy atom. The Kier molecular flexibility index (Phi) is 9.96. The van der Waals surface area contributed by atoms with Gasteiger partial charge in [-0.2, -0.15) is 4.72 Å². The van der Waals surface area contributed by atoms with Gasteiger partial charge in [-0.15, -0.1) is 0 Å². The monoisotopic (exact) mass is 555 g/mol. The van der Waals surface area contributed by atoms with Gasteiger partial charge in [-0.05, 0) is 59.5 Å². The van der Waals surface area contributed by atoms with Crippen molar-refractivity contribution in [3.8, 4) is 0 Å². The van der Waals surface area contributed by atoms with Crippen molar-refractivity contribution in [1.29, 1.82) is 5.41 Å². The zero-order chi connectivity index (χ0) is 29.1. The fourth-order valence-corrected chi connectivity index (χ4v) is 6.86. The maximum absolute atomic E-state index is 14.2. The van der Waals surface area contributed by atoms with Gasteiger partial charge in [0, 0.05) is 31.7 Å². The molecule has 1 heterocycles. The molecule has 2 aromatic rings. The number of carbonyl (C=O) groups excluding carboxylic acids is 1. The normalized spacial score (nSPS) is 15.8. The zero-order valence-corrected chi connectivity index (χ0v) is 25.2. The van der Waals surface area contributed by atoms with Gasteiger partial charge in [0.2, 0.25) is 15.9 Å². The average Bonchev–Trinajstić information content (AvgIpc) is 2.87. The molecule has 0 spiro atoms. The minimum absolute atomic E-state index is 0.0215. The molecule has 0 radical (unpaired) electrons. The largest absolute Gasteiger partial charge is 0.384 e. The third kappa shape index (κ3) is 7.47. The molecule has 0 bridgehead atoms. The summed E-state index contributed by atoms with van der Waals surface area (Å²) < 4.78 is 31.3. The van der Waals surface area contributed by atoms with Gasteiger partial charge in [0.25, 0.3) is 0 Å². The number of nitrogen functional groups attached to an aromatic ring is 1. The number of hydrogen-bond acceptors (Lipinski definition) is 5. The highest BCUT2D eigenvalue weighted by molar-refractivity contribution is 7.89. The molecule has 1 fully saturated rings. The summed E-state index contributed by atoms with van der Waals surface area (Å²) in [5.41, 5.74) is 9.61. The molecule has 0 aromatic heterocycles. The van der Waals surface area contributed by atoms with Crippen LogP contribution in [0.25, 0.3) is 0 Å². The zero-order valence-electron chi connectivity index (χ0n) is 24.4. The predicted molar refractivity (Wildman–Crippen MR) is 158 cm³/mol. The highest BCUT2D eigenvalue weighted by Crippen LogP contribution is 2.35. The molecule has 4 N–H and O–H groups in total. The number of benzene rings is 2. The Bertz CT molecular complexity index is 1270. The van der Waals surface area contributed by atoms with E-state index in [1.54, 1.807) is 23.1 Å². The molecule has 1 aliphatic rings. The first-order valence-electron chi connectivity index (χ1n) is 13.8. The van der Waals surface area contributed by atoms with Gasteiger partial charge in [0.1, 0.15) is 11.9 Å². The fourth-order valence-electron chi connectivity index (χ4n) is 4.97. The summed E-state index contributed by atoms with van der Waals surface area (Å²) in [6.45, 7) is 14.8. The van der Waals surface area contributed by atoms with E-state index in [1.807, 2.05) is 52.9 Å². The maximum Gasteiger partial charge on any atom is 0.241 e. The highest BCUT2D eigenvalue weighted by atomic mass is 32.2. The number of nitrogens with zero attached hydrogens (tertiary/aromatic N) is 2. The fraction of sp³-hybridized carbons (Fsp3) is 0.533. The molecular formula is C30H45N5O3S. The number of hydrogen-bond donors (Lipinski definition) is 3. The summed E-state index contributed by atoms with van der Waals surface area (Å²) in [6, 6.07) is 10.1. The molecule has 0 unspecified atom stereocenters. The van der Waals surface area contributed by atoms with Gasteiger partial charge in [0.15, 0.2) is 0 Å². The molecule has 1 saturated heterocycles. The van der Waals surface area contributed by atoms with Gasteiger partial charge in [-0.25, -0.2) is 8.42 Å². The maximum atomic E-state index is 14.2. The third-order valence-electron chi connectivity index (χ3n) is 7.44. The van der Waals surface area contributed by atoms with E-state index < -0.39 is 16.1 Å². The number of amides is 1. The Hall–Kier alpha value is -2.75. The van der Waals surface area contributed by atoms with Crippen LogP contribution in [0.5, 0.6) is 0 Å².